The maximum Gasteiger partial charge on any atom is 0.103 e. The number of aliphatic hydroxyl groups excluding tert-OH is 3. The molecule has 2 atom stereocenters. The summed E-state index contributed by atoms with van der Waals surface area (Å²) >= 11 is 3.59. The highest BCUT2D eigenvalue weighted by Gasteiger charge is 2.22. The SMILES string of the molecule is CC(C)SC(C[C@@H](O)[C@H](O)CO)SC(C)C. The largest absolute Gasteiger partial charge is 0.394 e. The third-order valence-corrected chi connectivity index (χ3v) is 4.66. The Morgan fingerprint density at radius 1 is 0.875 bits per heavy atom. The molecular formula is C11H24O3S2. The molecule has 0 aliphatic carbocycles. The Labute approximate surface area is 107 Å². The van der Waals surface area contributed by atoms with Gasteiger partial charge in [-0.2, -0.15) is 0 Å². The molecular weight excluding hydrogens is 244 g/mol. The second kappa shape index (κ2) is 8.64. The van der Waals surface area contributed by atoms with E-state index in [-0.39, 0.29) is 11.2 Å². The summed E-state index contributed by atoms with van der Waals surface area (Å²) in [4.78, 5) is 0. The highest BCUT2D eigenvalue weighted by Crippen LogP contribution is 2.34. The molecule has 3 nitrogen and oxygen atoms in total. The van der Waals surface area contributed by atoms with E-state index in [1.807, 2.05) is 0 Å². The minimum atomic E-state index is -1.02. The van der Waals surface area contributed by atoms with Gasteiger partial charge in [0, 0.05) is 10.5 Å². The number of thioether (sulfide) groups is 2. The molecule has 0 aromatic heterocycles. The second-order valence-electron chi connectivity index (χ2n) is 4.35. The Balaban J connectivity index is 4.18. The van der Waals surface area contributed by atoms with Crippen LogP contribution in [-0.2, 0) is 0 Å². The topological polar surface area (TPSA) is 60.7 Å². The van der Waals surface area contributed by atoms with E-state index < -0.39 is 12.2 Å². The Bertz CT molecular complexity index is 167. The molecule has 0 radical (unpaired) electrons. The molecule has 0 saturated carbocycles. The molecule has 98 valence electrons. The molecule has 0 aliphatic heterocycles. The molecule has 0 saturated heterocycles. The predicted octanol–water partition coefficient (Wildman–Crippen LogP) is 1.70. The number of aliphatic hydroxyl groups is 3. The van der Waals surface area contributed by atoms with Gasteiger partial charge in [-0.3, -0.25) is 0 Å². The van der Waals surface area contributed by atoms with Crippen molar-refractivity contribution < 1.29 is 15.3 Å². The van der Waals surface area contributed by atoms with Gasteiger partial charge in [0.1, 0.15) is 6.10 Å². The van der Waals surface area contributed by atoms with Gasteiger partial charge >= 0.3 is 0 Å². The second-order valence-corrected chi connectivity index (χ2v) is 8.22. The van der Waals surface area contributed by atoms with E-state index in [1.54, 1.807) is 23.5 Å². The lowest BCUT2D eigenvalue weighted by atomic mass is 10.2. The van der Waals surface area contributed by atoms with Gasteiger partial charge in [-0.25, -0.2) is 0 Å². The van der Waals surface area contributed by atoms with Gasteiger partial charge in [0.15, 0.2) is 0 Å². The average Bonchev–Trinajstić information content (AvgIpc) is 2.14. The van der Waals surface area contributed by atoms with Gasteiger partial charge in [-0.1, -0.05) is 27.7 Å². The maximum atomic E-state index is 9.68. The van der Waals surface area contributed by atoms with Crippen molar-refractivity contribution in [3.05, 3.63) is 0 Å². The summed E-state index contributed by atoms with van der Waals surface area (Å²) in [6.45, 7) is 8.09. The molecule has 0 heterocycles. The molecule has 0 fully saturated rings. The molecule has 0 aromatic rings. The van der Waals surface area contributed by atoms with E-state index in [0.717, 1.165) is 0 Å². The van der Waals surface area contributed by atoms with Crippen molar-refractivity contribution in [3.63, 3.8) is 0 Å². The normalized spacial score (nSPS) is 16.1. The highest BCUT2D eigenvalue weighted by atomic mass is 32.2. The maximum absolute atomic E-state index is 9.68. The first-order valence-electron chi connectivity index (χ1n) is 5.64. The van der Waals surface area contributed by atoms with Crippen LogP contribution in [0.5, 0.6) is 0 Å². The van der Waals surface area contributed by atoms with Crippen LogP contribution in [0.1, 0.15) is 34.1 Å². The third-order valence-electron chi connectivity index (χ3n) is 1.91. The first-order valence-corrected chi connectivity index (χ1v) is 7.53. The fourth-order valence-electron chi connectivity index (χ4n) is 1.23. The van der Waals surface area contributed by atoms with Crippen molar-refractivity contribution in [1.29, 1.82) is 0 Å². The molecule has 0 bridgehead atoms. The smallest absolute Gasteiger partial charge is 0.103 e. The van der Waals surface area contributed by atoms with Crippen LogP contribution in [0.3, 0.4) is 0 Å². The van der Waals surface area contributed by atoms with Crippen molar-refractivity contribution >= 4 is 23.5 Å². The van der Waals surface area contributed by atoms with Crippen molar-refractivity contribution in [3.8, 4) is 0 Å². The van der Waals surface area contributed by atoms with Crippen LogP contribution in [0.15, 0.2) is 0 Å². The summed E-state index contributed by atoms with van der Waals surface area (Å²) in [6, 6.07) is 0. The highest BCUT2D eigenvalue weighted by molar-refractivity contribution is 8.17. The van der Waals surface area contributed by atoms with Crippen molar-refractivity contribution in [2.24, 2.45) is 0 Å². The van der Waals surface area contributed by atoms with Crippen molar-refractivity contribution in [1.82, 2.24) is 0 Å². The Morgan fingerprint density at radius 3 is 1.62 bits per heavy atom. The Hall–Kier alpha value is 0.580. The predicted molar refractivity (Wildman–Crippen MR) is 73.0 cm³/mol. The standard InChI is InChI=1S/C11H24O3S2/c1-7(2)15-11(16-8(3)4)5-9(13)10(14)6-12/h7-14H,5-6H2,1-4H3/t9-,10-/m1/s1. The summed E-state index contributed by atoms with van der Waals surface area (Å²) in [5.74, 6) is 0. The van der Waals surface area contributed by atoms with Crippen LogP contribution in [0.2, 0.25) is 0 Å². The van der Waals surface area contributed by atoms with Gasteiger partial charge < -0.3 is 15.3 Å². The van der Waals surface area contributed by atoms with E-state index in [2.05, 4.69) is 27.7 Å². The molecule has 5 heteroatoms. The van der Waals surface area contributed by atoms with Crippen molar-refractivity contribution in [2.45, 2.75) is 61.4 Å². The first kappa shape index (κ1) is 16.6. The Morgan fingerprint density at radius 2 is 1.31 bits per heavy atom. The van der Waals surface area contributed by atoms with Gasteiger partial charge in [0.05, 0.1) is 17.3 Å². The summed E-state index contributed by atoms with van der Waals surface area (Å²) < 4.78 is 0.260. The van der Waals surface area contributed by atoms with E-state index in [4.69, 9.17) is 5.11 Å². The zero-order valence-electron chi connectivity index (χ0n) is 10.5. The van der Waals surface area contributed by atoms with Crippen LogP contribution in [-0.4, -0.2) is 49.2 Å². The lowest BCUT2D eigenvalue weighted by Crippen LogP contribution is -2.31. The third kappa shape index (κ3) is 7.79. The molecule has 3 N–H and O–H groups in total. The first-order chi connectivity index (χ1) is 7.36. The zero-order chi connectivity index (χ0) is 12.7. The molecule has 0 aromatic carbocycles. The molecule has 0 spiro atoms. The molecule has 16 heavy (non-hydrogen) atoms. The van der Waals surface area contributed by atoms with E-state index >= 15 is 0 Å². The van der Waals surface area contributed by atoms with E-state index in [0.29, 0.717) is 16.9 Å². The monoisotopic (exact) mass is 268 g/mol. The van der Waals surface area contributed by atoms with E-state index in [9.17, 15) is 10.2 Å². The fourth-order valence-corrected chi connectivity index (χ4v) is 4.65. The molecule has 0 unspecified atom stereocenters. The Kier molecular flexibility index (Phi) is 8.95. The molecule has 0 aliphatic rings. The van der Waals surface area contributed by atoms with Gasteiger partial charge in [-0.05, 0) is 6.42 Å². The van der Waals surface area contributed by atoms with Crippen molar-refractivity contribution in [2.75, 3.05) is 6.61 Å². The van der Waals surface area contributed by atoms with Gasteiger partial charge in [0.2, 0.25) is 0 Å². The molecule has 0 amide bonds. The summed E-state index contributed by atoms with van der Waals surface area (Å²) in [6.07, 6.45) is -1.36. The van der Waals surface area contributed by atoms with E-state index in [1.165, 1.54) is 0 Å². The molecule has 0 rings (SSSR count). The average molecular weight is 268 g/mol. The van der Waals surface area contributed by atoms with Gasteiger partial charge in [0.25, 0.3) is 0 Å². The minimum Gasteiger partial charge on any atom is -0.394 e. The van der Waals surface area contributed by atoms with Gasteiger partial charge in [-0.15, -0.1) is 23.5 Å². The van der Waals surface area contributed by atoms with Crippen LogP contribution in [0, 0.1) is 0 Å². The van der Waals surface area contributed by atoms with Crippen LogP contribution in [0.25, 0.3) is 0 Å². The fraction of sp³-hybridized carbons (Fsp3) is 1.00. The lowest BCUT2D eigenvalue weighted by Gasteiger charge is -2.24. The summed E-state index contributed by atoms with van der Waals surface area (Å²) in [5, 5.41) is 28.8. The van der Waals surface area contributed by atoms with Crippen LogP contribution in [0.4, 0.5) is 0 Å². The minimum absolute atomic E-state index is 0.260. The summed E-state index contributed by atoms with van der Waals surface area (Å²) in [7, 11) is 0. The lowest BCUT2D eigenvalue weighted by molar-refractivity contribution is -0.0154. The van der Waals surface area contributed by atoms with Crippen LogP contribution >= 0.6 is 23.5 Å². The number of hydrogen-bond acceptors (Lipinski definition) is 5. The number of rotatable bonds is 8. The van der Waals surface area contributed by atoms with Crippen LogP contribution < -0.4 is 0 Å². The number of hydrogen-bond donors (Lipinski definition) is 3. The summed E-state index contributed by atoms with van der Waals surface area (Å²) in [5.41, 5.74) is 0. The zero-order valence-corrected chi connectivity index (χ0v) is 12.1. The quantitative estimate of drug-likeness (QED) is 0.585.